The van der Waals surface area contributed by atoms with Crippen LogP contribution in [0.2, 0.25) is 0 Å². The molecule has 5 nitrogen and oxygen atoms in total. The highest BCUT2D eigenvalue weighted by molar-refractivity contribution is 14.1. The Hall–Kier alpha value is -2.33. The van der Waals surface area contributed by atoms with Crippen LogP contribution in [0.3, 0.4) is 0 Å². The second-order valence-corrected chi connectivity index (χ2v) is 7.55. The molecular formula is C20H16FIN2O3S. The van der Waals surface area contributed by atoms with Crippen LogP contribution in [0.25, 0.3) is 6.08 Å². The van der Waals surface area contributed by atoms with Crippen molar-refractivity contribution < 1.29 is 18.7 Å². The van der Waals surface area contributed by atoms with Gasteiger partial charge >= 0.3 is 0 Å². The number of ether oxygens (including phenoxy) is 1. The van der Waals surface area contributed by atoms with Gasteiger partial charge in [-0.05, 0) is 77.1 Å². The van der Waals surface area contributed by atoms with Crippen LogP contribution in [0.4, 0.5) is 4.39 Å². The SMILES string of the molecule is CCOc1cc(C=C2C(=O)NC(=S)NC2=O)cc(I)c1Cc1ccccc1F. The topological polar surface area (TPSA) is 67.4 Å². The molecule has 0 aromatic heterocycles. The van der Waals surface area contributed by atoms with Crippen LogP contribution in [0.5, 0.6) is 5.75 Å². The van der Waals surface area contributed by atoms with Gasteiger partial charge < -0.3 is 4.74 Å². The molecule has 0 unspecified atom stereocenters. The van der Waals surface area contributed by atoms with Crippen LogP contribution < -0.4 is 15.4 Å². The second kappa shape index (κ2) is 8.78. The first-order valence-corrected chi connectivity index (χ1v) is 9.94. The first-order valence-electron chi connectivity index (χ1n) is 8.46. The summed E-state index contributed by atoms with van der Waals surface area (Å²) >= 11 is 6.94. The summed E-state index contributed by atoms with van der Waals surface area (Å²) in [6.45, 7) is 2.28. The Morgan fingerprint density at radius 1 is 1.18 bits per heavy atom. The third kappa shape index (κ3) is 4.56. The summed E-state index contributed by atoms with van der Waals surface area (Å²) in [6, 6.07) is 10.1. The van der Waals surface area contributed by atoms with E-state index in [0.29, 0.717) is 29.9 Å². The van der Waals surface area contributed by atoms with Crippen LogP contribution in [-0.2, 0) is 16.0 Å². The van der Waals surface area contributed by atoms with Crippen molar-refractivity contribution in [1.29, 1.82) is 0 Å². The molecule has 1 saturated heterocycles. The van der Waals surface area contributed by atoms with Crippen molar-refractivity contribution >= 4 is 57.8 Å². The highest BCUT2D eigenvalue weighted by Gasteiger charge is 2.26. The van der Waals surface area contributed by atoms with Crippen LogP contribution in [0, 0.1) is 9.39 Å². The van der Waals surface area contributed by atoms with Gasteiger partial charge in [0.2, 0.25) is 0 Å². The van der Waals surface area contributed by atoms with Crippen LogP contribution in [-0.4, -0.2) is 23.5 Å². The standard InChI is InChI=1S/C20H16FIN2O3S/c1-2-27-17-9-11(7-14-18(25)23-20(28)24-19(14)26)8-16(22)13(17)10-12-5-3-4-6-15(12)21/h3-9H,2,10H2,1H3,(H2,23,24,25,26,28). The molecule has 0 saturated carbocycles. The third-order valence-corrected chi connectivity index (χ3v) is 5.22. The van der Waals surface area contributed by atoms with Crippen molar-refractivity contribution in [3.8, 4) is 5.75 Å². The quantitative estimate of drug-likeness (QED) is 0.281. The Balaban J connectivity index is 2.00. The highest BCUT2D eigenvalue weighted by Crippen LogP contribution is 2.30. The van der Waals surface area contributed by atoms with Crippen LogP contribution in [0.1, 0.15) is 23.6 Å². The van der Waals surface area contributed by atoms with Crippen molar-refractivity contribution in [3.63, 3.8) is 0 Å². The molecule has 0 spiro atoms. The number of carbonyl (C=O) groups excluding carboxylic acids is 2. The summed E-state index contributed by atoms with van der Waals surface area (Å²) in [5, 5.41) is 4.79. The third-order valence-electron chi connectivity index (χ3n) is 4.06. The van der Waals surface area contributed by atoms with Crippen molar-refractivity contribution in [2.75, 3.05) is 6.61 Å². The summed E-state index contributed by atoms with van der Waals surface area (Å²) < 4.78 is 20.7. The van der Waals surface area contributed by atoms with Gasteiger partial charge in [0.1, 0.15) is 17.1 Å². The number of amides is 2. The molecule has 2 aromatic rings. The smallest absolute Gasteiger partial charge is 0.263 e. The lowest BCUT2D eigenvalue weighted by atomic mass is 10.0. The molecule has 1 heterocycles. The molecular weight excluding hydrogens is 494 g/mol. The van der Waals surface area contributed by atoms with Gasteiger partial charge in [0.05, 0.1) is 6.61 Å². The van der Waals surface area contributed by atoms with E-state index in [1.807, 2.05) is 13.0 Å². The lowest BCUT2D eigenvalue weighted by molar-refractivity contribution is -0.123. The summed E-state index contributed by atoms with van der Waals surface area (Å²) in [4.78, 5) is 24.1. The van der Waals surface area contributed by atoms with Crippen molar-refractivity contribution in [1.82, 2.24) is 10.6 Å². The molecule has 0 atom stereocenters. The van der Waals surface area contributed by atoms with E-state index in [-0.39, 0.29) is 16.5 Å². The molecule has 1 aliphatic heterocycles. The van der Waals surface area contributed by atoms with Gasteiger partial charge in [-0.25, -0.2) is 4.39 Å². The average molecular weight is 510 g/mol. The predicted octanol–water partition coefficient (Wildman–Crippen LogP) is 3.33. The van der Waals surface area contributed by atoms with E-state index < -0.39 is 11.8 Å². The van der Waals surface area contributed by atoms with E-state index in [1.165, 1.54) is 12.1 Å². The molecule has 0 bridgehead atoms. The maximum absolute atomic E-state index is 14.1. The highest BCUT2D eigenvalue weighted by atomic mass is 127. The van der Waals surface area contributed by atoms with E-state index in [0.717, 1.165) is 9.13 Å². The van der Waals surface area contributed by atoms with Gasteiger partial charge in [-0.3, -0.25) is 20.2 Å². The van der Waals surface area contributed by atoms with Gasteiger partial charge in [0.25, 0.3) is 11.8 Å². The number of hydrogen-bond acceptors (Lipinski definition) is 4. The first-order chi connectivity index (χ1) is 13.4. The van der Waals surface area contributed by atoms with Crippen LogP contribution >= 0.6 is 34.8 Å². The molecule has 2 amide bonds. The Morgan fingerprint density at radius 3 is 2.50 bits per heavy atom. The number of hydrogen-bond donors (Lipinski definition) is 2. The lowest BCUT2D eigenvalue weighted by Gasteiger charge is -2.17. The average Bonchev–Trinajstić information content (AvgIpc) is 2.63. The summed E-state index contributed by atoms with van der Waals surface area (Å²) in [5.74, 6) is -0.815. The van der Waals surface area contributed by atoms with E-state index >= 15 is 0 Å². The molecule has 2 N–H and O–H groups in total. The normalized spacial score (nSPS) is 13.8. The van der Waals surface area contributed by atoms with Gasteiger partial charge in [-0.1, -0.05) is 18.2 Å². The molecule has 8 heteroatoms. The minimum absolute atomic E-state index is 0.0167. The Bertz CT molecular complexity index is 985. The number of benzene rings is 2. The zero-order valence-electron chi connectivity index (χ0n) is 14.8. The molecule has 28 heavy (non-hydrogen) atoms. The Labute approximate surface area is 180 Å². The predicted molar refractivity (Wildman–Crippen MR) is 116 cm³/mol. The minimum Gasteiger partial charge on any atom is -0.494 e. The van der Waals surface area contributed by atoms with Gasteiger partial charge in [0, 0.05) is 15.6 Å². The number of halogens is 2. The lowest BCUT2D eigenvalue weighted by Crippen LogP contribution is -2.51. The van der Waals surface area contributed by atoms with Crippen LogP contribution in [0.15, 0.2) is 42.0 Å². The minimum atomic E-state index is -0.558. The zero-order valence-corrected chi connectivity index (χ0v) is 17.8. The summed E-state index contributed by atoms with van der Waals surface area (Å²) in [5.41, 5.74) is 1.98. The van der Waals surface area contributed by atoms with Gasteiger partial charge in [-0.2, -0.15) is 0 Å². The Kier molecular flexibility index (Phi) is 6.40. The number of nitrogens with one attached hydrogen (secondary N) is 2. The molecule has 0 aliphatic carbocycles. The molecule has 1 aliphatic rings. The summed E-state index contributed by atoms with van der Waals surface area (Å²) in [6.07, 6.45) is 1.84. The number of thiocarbonyl (C=S) groups is 1. The van der Waals surface area contributed by atoms with Gasteiger partial charge in [0.15, 0.2) is 5.11 Å². The maximum Gasteiger partial charge on any atom is 0.263 e. The summed E-state index contributed by atoms with van der Waals surface area (Å²) in [7, 11) is 0. The van der Waals surface area contributed by atoms with E-state index in [9.17, 15) is 14.0 Å². The maximum atomic E-state index is 14.1. The van der Waals surface area contributed by atoms with Crippen molar-refractivity contribution in [3.05, 3.63) is 68.0 Å². The van der Waals surface area contributed by atoms with E-state index in [2.05, 4.69) is 33.2 Å². The number of carbonyl (C=O) groups is 2. The monoisotopic (exact) mass is 510 g/mol. The largest absolute Gasteiger partial charge is 0.494 e. The fraction of sp³-hybridized carbons (Fsp3) is 0.150. The van der Waals surface area contributed by atoms with Gasteiger partial charge in [-0.15, -0.1) is 0 Å². The molecule has 1 fully saturated rings. The second-order valence-electron chi connectivity index (χ2n) is 5.98. The molecule has 3 rings (SSSR count). The van der Waals surface area contributed by atoms with E-state index in [4.69, 9.17) is 17.0 Å². The molecule has 0 radical (unpaired) electrons. The first kappa shape index (κ1) is 20.4. The van der Waals surface area contributed by atoms with Crippen molar-refractivity contribution in [2.45, 2.75) is 13.3 Å². The Morgan fingerprint density at radius 2 is 1.86 bits per heavy atom. The fourth-order valence-electron chi connectivity index (χ4n) is 2.78. The fourth-order valence-corrected chi connectivity index (χ4v) is 3.78. The van der Waals surface area contributed by atoms with E-state index in [1.54, 1.807) is 24.3 Å². The van der Waals surface area contributed by atoms with Crippen molar-refractivity contribution in [2.24, 2.45) is 0 Å². The zero-order chi connectivity index (χ0) is 20.3. The molecule has 2 aromatic carbocycles. The molecule has 144 valence electrons. The number of rotatable bonds is 5.